The Morgan fingerprint density at radius 3 is 2.75 bits per heavy atom. The summed E-state index contributed by atoms with van der Waals surface area (Å²) >= 11 is 0. The molecule has 0 spiro atoms. The summed E-state index contributed by atoms with van der Waals surface area (Å²) in [6.07, 6.45) is -2.33. The number of fused-ring (bicyclic) bond motifs is 1. The van der Waals surface area contributed by atoms with E-state index in [-0.39, 0.29) is 6.61 Å². The Bertz CT molecular complexity index is 420. The Hall–Kier alpha value is -1.26. The molecule has 0 amide bonds. The van der Waals surface area contributed by atoms with Crippen molar-refractivity contribution in [1.82, 2.24) is 10.2 Å². The fourth-order valence-corrected chi connectivity index (χ4v) is 2.70. The van der Waals surface area contributed by atoms with Crippen LogP contribution in [0.5, 0.6) is 0 Å². The van der Waals surface area contributed by atoms with Crippen LogP contribution in [0.2, 0.25) is 0 Å². The average molecular weight is 286 g/mol. The Morgan fingerprint density at radius 2 is 2.05 bits per heavy atom. The van der Waals surface area contributed by atoms with E-state index in [9.17, 15) is 15.3 Å². The van der Waals surface area contributed by atoms with Crippen molar-refractivity contribution in [3.63, 3.8) is 0 Å². The molecule has 0 saturated carbocycles. The van der Waals surface area contributed by atoms with E-state index in [0.717, 1.165) is 0 Å². The first-order valence-electron chi connectivity index (χ1n) is 6.50. The first-order valence-corrected chi connectivity index (χ1v) is 6.50. The number of ether oxygens (including phenoxy) is 1. The molecule has 7 atom stereocenters. The van der Waals surface area contributed by atoms with Gasteiger partial charge < -0.3 is 35.4 Å². The molecular weight excluding hydrogens is 268 g/mol. The van der Waals surface area contributed by atoms with Crippen molar-refractivity contribution in [3.8, 4) is 0 Å². The number of aliphatic hydroxyl groups excluding tert-OH is 4. The summed E-state index contributed by atoms with van der Waals surface area (Å²) in [5.41, 5.74) is 0. The van der Waals surface area contributed by atoms with E-state index in [1.807, 2.05) is 0 Å². The summed E-state index contributed by atoms with van der Waals surface area (Å²) in [4.78, 5) is 10.00. The van der Waals surface area contributed by atoms with Gasteiger partial charge in [0.15, 0.2) is 12.4 Å². The molecule has 1 fully saturated rings. The summed E-state index contributed by atoms with van der Waals surface area (Å²) < 4.78 is 5.45. The van der Waals surface area contributed by atoms with E-state index in [2.05, 4.69) is 15.3 Å². The zero-order valence-corrected chi connectivity index (χ0v) is 10.6. The molecule has 5 N–H and O–H groups in total. The molecule has 4 unspecified atom stereocenters. The standard InChI is InChI=1S/C11H18N4O5/c16-2-6-8(18)9(19)11(20-6)15-4-14-7-5(17)1-12-3-13-10(7)15/h3-11,16-19H,1-2H2,(H,12,13)/t5?,6-,7?,8-,9-,10?,11?/m1/s1. The molecular formula is C11H18N4O5. The topological polar surface area (TPSA) is 130 Å². The quantitative estimate of drug-likeness (QED) is 0.355. The van der Waals surface area contributed by atoms with E-state index in [0.29, 0.717) is 6.54 Å². The molecule has 3 aliphatic rings. The molecule has 1 saturated heterocycles. The highest BCUT2D eigenvalue weighted by Crippen LogP contribution is 2.29. The highest BCUT2D eigenvalue weighted by atomic mass is 16.6. The summed E-state index contributed by atoms with van der Waals surface area (Å²) in [6.45, 7) is -0.0485. The molecule has 0 aliphatic carbocycles. The fraction of sp³-hybridized carbons (Fsp3) is 0.818. The maximum atomic E-state index is 10.0. The van der Waals surface area contributed by atoms with Crippen molar-refractivity contribution in [1.29, 1.82) is 0 Å². The van der Waals surface area contributed by atoms with Gasteiger partial charge in [-0.15, -0.1) is 0 Å². The van der Waals surface area contributed by atoms with Gasteiger partial charge in [0, 0.05) is 6.54 Å². The third-order valence-corrected chi connectivity index (χ3v) is 3.83. The van der Waals surface area contributed by atoms with Gasteiger partial charge >= 0.3 is 0 Å². The molecule has 0 aromatic rings. The van der Waals surface area contributed by atoms with Crippen molar-refractivity contribution in [3.05, 3.63) is 0 Å². The normalized spacial score (nSPS) is 47.2. The predicted octanol–water partition coefficient (Wildman–Crippen LogP) is -3.54. The van der Waals surface area contributed by atoms with Crippen LogP contribution in [-0.4, -0.2) is 94.0 Å². The second kappa shape index (κ2) is 5.26. The van der Waals surface area contributed by atoms with Gasteiger partial charge in [0.1, 0.15) is 24.4 Å². The Morgan fingerprint density at radius 1 is 1.25 bits per heavy atom. The minimum absolute atomic E-state index is 0.339. The summed E-state index contributed by atoms with van der Waals surface area (Å²) in [5, 5.41) is 41.7. The maximum absolute atomic E-state index is 10.0. The lowest BCUT2D eigenvalue weighted by Gasteiger charge is -2.31. The highest BCUT2D eigenvalue weighted by Gasteiger charge is 2.49. The van der Waals surface area contributed by atoms with Crippen LogP contribution >= 0.6 is 0 Å². The lowest BCUT2D eigenvalue weighted by molar-refractivity contribution is -0.0815. The first kappa shape index (κ1) is 13.7. The summed E-state index contributed by atoms with van der Waals surface area (Å²) in [7, 11) is 0. The second-order valence-electron chi connectivity index (χ2n) is 5.10. The minimum atomic E-state index is -1.18. The van der Waals surface area contributed by atoms with Crippen molar-refractivity contribution >= 4 is 12.7 Å². The van der Waals surface area contributed by atoms with Crippen LogP contribution in [0.3, 0.4) is 0 Å². The molecule has 0 aromatic heterocycles. The number of hydrogen-bond acceptors (Lipinski definition) is 9. The van der Waals surface area contributed by atoms with Gasteiger partial charge in [-0.05, 0) is 0 Å². The van der Waals surface area contributed by atoms with Crippen LogP contribution < -0.4 is 5.32 Å². The SMILES string of the molecule is OC[C@H]1OC(N2C=NC3C(O)CNC=NC32)[C@H](O)[C@@H]1O. The average Bonchev–Trinajstić information content (AvgIpc) is 2.92. The van der Waals surface area contributed by atoms with Crippen molar-refractivity contribution in [2.75, 3.05) is 13.2 Å². The van der Waals surface area contributed by atoms with Gasteiger partial charge in [0.2, 0.25) is 0 Å². The van der Waals surface area contributed by atoms with Gasteiger partial charge in [-0.2, -0.15) is 0 Å². The van der Waals surface area contributed by atoms with Crippen LogP contribution in [0.1, 0.15) is 0 Å². The van der Waals surface area contributed by atoms with Crippen LogP contribution in [0, 0.1) is 0 Å². The third kappa shape index (κ3) is 2.07. The molecule has 9 heteroatoms. The number of aliphatic imine (C=N–C) groups is 2. The molecule has 0 radical (unpaired) electrons. The van der Waals surface area contributed by atoms with Gasteiger partial charge in [0.25, 0.3) is 0 Å². The van der Waals surface area contributed by atoms with Crippen LogP contribution in [0.4, 0.5) is 0 Å². The monoisotopic (exact) mass is 286 g/mol. The van der Waals surface area contributed by atoms with Crippen LogP contribution in [0.15, 0.2) is 9.98 Å². The van der Waals surface area contributed by atoms with E-state index in [1.165, 1.54) is 12.7 Å². The number of nitrogens with zero attached hydrogens (tertiary/aromatic N) is 3. The zero-order valence-electron chi connectivity index (χ0n) is 10.6. The molecule has 9 nitrogen and oxygen atoms in total. The first-order chi connectivity index (χ1) is 9.63. The van der Waals surface area contributed by atoms with Crippen LogP contribution in [-0.2, 0) is 4.74 Å². The van der Waals surface area contributed by atoms with Gasteiger partial charge in [-0.1, -0.05) is 0 Å². The van der Waals surface area contributed by atoms with Gasteiger partial charge in [0.05, 0.1) is 25.4 Å². The Balaban J connectivity index is 1.79. The third-order valence-electron chi connectivity index (χ3n) is 3.83. The van der Waals surface area contributed by atoms with E-state index in [1.54, 1.807) is 4.90 Å². The molecule has 112 valence electrons. The van der Waals surface area contributed by atoms with Crippen LogP contribution in [0.25, 0.3) is 0 Å². The summed E-state index contributed by atoms with van der Waals surface area (Å²) in [6, 6.07) is -0.456. The Kier molecular flexibility index (Phi) is 3.61. The fourth-order valence-electron chi connectivity index (χ4n) is 2.70. The number of β-amino-alcohol motifs (C(OH)–C–C–N with tert-alkyl or cyclic N) is 1. The Labute approximate surface area is 115 Å². The van der Waals surface area contributed by atoms with E-state index >= 15 is 0 Å². The second-order valence-corrected chi connectivity index (χ2v) is 5.10. The van der Waals surface area contributed by atoms with E-state index in [4.69, 9.17) is 9.84 Å². The smallest absolute Gasteiger partial charge is 0.162 e. The zero-order chi connectivity index (χ0) is 14.3. The molecule has 3 aliphatic heterocycles. The van der Waals surface area contributed by atoms with Crippen molar-refractivity contribution in [2.24, 2.45) is 9.98 Å². The minimum Gasteiger partial charge on any atom is -0.394 e. The lowest BCUT2D eigenvalue weighted by atomic mass is 10.1. The van der Waals surface area contributed by atoms with Gasteiger partial charge in [-0.3, -0.25) is 4.99 Å². The van der Waals surface area contributed by atoms with Crippen molar-refractivity contribution in [2.45, 2.75) is 42.9 Å². The lowest BCUT2D eigenvalue weighted by Crippen LogP contribution is -2.50. The molecule has 0 bridgehead atoms. The number of aliphatic hydroxyl groups is 4. The molecule has 3 rings (SSSR count). The molecule has 3 heterocycles. The summed E-state index contributed by atoms with van der Waals surface area (Å²) in [5.74, 6) is 0. The number of rotatable bonds is 2. The number of nitrogens with one attached hydrogen (secondary N) is 1. The molecule has 20 heavy (non-hydrogen) atoms. The largest absolute Gasteiger partial charge is 0.394 e. The number of hydrogen-bond donors (Lipinski definition) is 5. The molecule has 0 aromatic carbocycles. The predicted molar refractivity (Wildman–Crippen MR) is 68.2 cm³/mol. The maximum Gasteiger partial charge on any atom is 0.162 e. The van der Waals surface area contributed by atoms with Crippen molar-refractivity contribution < 1.29 is 25.2 Å². The highest BCUT2D eigenvalue weighted by molar-refractivity contribution is 5.62. The van der Waals surface area contributed by atoms with E-state index < -0.39 is 42.9 Å². The van der Waals surface area contributed by atoms with Gasteiger partial charge in [-0.25, -0.2) is 4.99 Å².